The minimum atomic E-state index is 0.509. The summed E-state index contributed by atoms with van der Waals surface area (Å²) in [4.78, 5) is 7.06. The van der Waals surface area contributed by atoms with E-state index in [9.17, 15) is 0 Å². The smallest absolute Gasteiger partial charge is 0.185 e. The molecular formula is C13H23ClN2S. The van der Waals surface area contributed by atoms with Gasteiger partial charge in [0.25, 0.3) is 0 Å². The largest absolute Gasteiger partial charge is 0.345 e. The van der Waals surface area contributed by atoms with Crippen molar-refractivity contribution >= 4 is 28.1 Å². The van der Waals surface area contributed by atoms with Gasteiger partial charge in [-0.3, -0.25) is 0 Å². The molecule has 1 heterocycles. The Bertz CT molecular complexity index is 321. The highest BCUT2D eigenvalue weighted by atomic mass is 35.5. The summed E-state index contributed by atoms with van der Waals surface area (Å²) in [5.41, 5.74) is 0.992. The SMILES string of the molecule is CCC(CC)N(CC(C)C)c1nc(CCl)cs1. The predicted molar refractivity (Wildman–Crippen MR) is 78.2 cm³/mol. The van der Waals surface area contributed by atoms with Crippen LogP contribution in [0.25, 0.3) is 0 Å². The normalized spacial score (nSPS) is 11.5. The summed E-state index contributed by atoms with van der Waals surface area (Å²) < 4.78 is 0. The van der Waals surface area contributed by atoms with Crippen LogP contribution >= 0.6 is 22.9 Å². The Balaban J connectivity index is 2.88. The average molecular weight is 275 g/mol. The standard InChI is InChI=1S/C13H23ClN2S/c1-5-12(6-2)16(8-10(3)4)13-15-11(7-14)9-17-13/h9-10,12H,5-8H2,1-4H3. The molecular weight excluding hydrogens is 252 g/mol. The maximum atomic E-state index is 5.82. The molecule has 0 aliphatic heterocycles. The minimum Gasteiger partial charge on any atom is -0.345 e. The van der Waals surface area contributed by atoms with Crippen molar-refractivity contribution in [2.24, 2.45) is 5.92 Å². The van der Waals surface area contributed by atoms with E-state index in [0.29, 0.717) is 17.8 Å². The first-order valence-electron chi connectivity index (χ1n) is 6.39. The zero-order chi connectivity index (χ0) is 12.8. The summed E-state index contributed by atoms with van der Waals surface area (Å²) in [7, 11) is 0. The molecule has 0 aromatic carbocycles. The third kappa shape index (κ3) is 4.14. The van der Waals surface area contributed by atoms with E-state index >= 15 is 0 Å². The van der Waals surface area contributed by atoms with Gasteiger partial charge < -0.3 is 4.90 Å². The molecule has 0 saturated heterocycles. The van der Waals surface area contributed by atoms with Gasteiger partial charge >= 0.3 is 0 Å². The van der Waals surface area contributed by atoms with Crippen LogP contribution in [0.1, 0.15) is 46.2 Å². The van der Waals surface area contributed by atoms with Crippen LogP contribution in [0, 0.1) is 5.92 Å². The van der Waals surface area contributed by atoms with E-state index in [-0.39, 0.29) is 0 Å². The van der Waals surface area contributed by atoms with E-state index in [4.69, 9.17) is 11.6 Å². The van der Waals surface area contributed by atoms with Crippen LogP contribution in [-0.2, 0) is 5.88 Å². The van der Waals surface area contributed by atoms with E-state index in [1.807, 2.05) is 0 Å². The molecule has 98 valence electrons. The Morgan fingerprint density at radius 1 is 1.35 bits per heavy atom. The number of aromatic nitrogens is 1. The van der Waals surface area contributed by atoms with Crippen LogP contribution in [0.15, 0.2) is 5.38 Å². The average Bonchev–Trinajstić information content (AvgIpc) is 2.77. The first kappa shape index (κ1) is 14.8. The third-order valence-corrected chi connectivity index (χ3v) is 4.07. The van der Waals surface area contributed by atoms with Crippen molar-refractivity contribution in [2.75, 3.05) is 11.4 Å². The van der Waals surface area contributed by atoms with Gasteiger partial charge in [-0.05, 0) is 18.8 Å². The van der Waals surface area contributed by atoms with E-state index in [0.717, 1.165) is 17.4 Å². The molecule has 0 aliphatic carbocycles. The van der Waals surface area contributed by atoms with Crippen LogP contribution < -0.4 is 4.90 Å². The number of hydrogen-bond donors (Lipinski definition) is 0. The number of hydrogen-bond acceptors (Lipinski definition) is 3. The topological polar surface area (TPSA) is 16.1 Å². The summed E-state index contributed by atoms with van der Waals surface area (Å²) in [6.07, 6.45) is 2.33. The molecule has 0 unspecified atom stereocenters. The van der Waals surface area contributed by atoms with E-state index in [1.54, 1.807) is 11.3 Å². The molecule has 0 atom stereocenters. The van der Waals surface area contributed by atoms with Gasteiger partial charge in [0.2, 0.25) is 0 Å². The maximum Gasteiger partial charge on any atom is 0.185 e. The molecule has 1 aromatic heterocycles. The summed E-state index contributed by atoms with van der Waals surface area (Å²) in [5, 5.41) is 3.20. The second kappa shape index (κ2) is 7.22. The summed E-state index contributed by atoms with van der Waals surface area (Å²) >= 11 is 7.54. The monoisotopic (exact) mass is 274 g/mol. The van der Waals surface area contributed by atoms with Crippen LogP contribution in [0.2, 0.25) is 0 Å². The van der Waals surface area contributed by atoms with Gasteiger partial charge in [-0.2, -0.15) is 0 Å². The number of nitrogens with zero attached hydrogens (tertiary/aromatic N) is 2. The molecule has 1 rings (SSSR count). The Morgan fingerprint density at radius 2 is 2.00 bits per heavy atom. The summed E-state index contributed by atoms with van der Waals surface area (Å²) in [6, 6.07) is 0.590. The fraction of sp³-hybridized carbons (Fsp3) is 0.769. The second-order valence-electron chi connectivity index (χ2n) is 4.77. The molecule has 17 heavy (non-hydrogen) atoms. The molecule has 2 nitrogen and oxygen atoms in total. The van der Waals surface area contributed by atoms with Crippen molar-refractivity contribution in [3.05, 3.63) is 11.1 Å². The van der Waals surface area contributed by atoms with Gasteiger partial charge in [0, 0.05) is 18.0 Å². The number of halogens is 1. The lowest BCUT2D eigenvalue weighted by atomic mass is 10.1. The molecule has 0 radical (unpaired) electrons. The minimum absolute atomic E-state index is 0.509. The number of alkyl halides is 1. The lowest BCUT2D eigenvalue weighted by molar-refractivity contribution is 0.506. The fourth-order valence-corrected chi connectivity index (χ4v) is 3.13. The number of thiazole rings is 1. The number of rotatable bonds is 7. The van der Waals surface area contributed by atoms with Crippen LogP contribution in [0.5, 0.6) is 0 Å². The third-order valence-electron chi connectivity index (χ3n) is 2.87. The molecule has 0 fully saturated rings. The molecule has 0 aliphatic rings. The zero-order valence-corrected chi connectivity index (χ0v) is 12.8. The summed E-state index contributed by atoms with van der Waals surface area (Å²) in [6.45, 7) is 10.1. The predicted octanol–water partition coefficient (Wildman–Crippen LogP) is 4.53. The van der Waals surface area contributed by atoms with Crippen molar-refractivity contribution in [1.82, 2.24) is 4.98 Å². The van der Waals surface area contributed by atoms with Crippen molar-refractivity contribution in [3.8, 4) is 0 Å². The highest BCUT2D eigenvalue weighted by molar-refractivity contribution is 7.13. The van der Waals surface area contributed by atoms with Gasteiger partial charge in [0.05, 0.1) is 11.6 Å². The molecule has 4 heteroatoms. The van der Waals surface area contributed by atoms with Gasteiger partial charge in [-0.15, -0.1) is 22.9 Å². The van der Waals surface area contributed by atoms with Gasteiger partial charge in [-0.25, -0.2) is 4.98 Å². The Kier molecular flexibility index (Phi) is 6.28. The molecule has 0 bridgehead atoms. The molecule has 0 N–H and O–H groups in total. The van der Waals surface area contributed by atoms with Crippen LogP contribution in [0.4, 0.5) is 5.13 Å². The zero-order valence-electron chi connectivity index (χ0n) is 11.2. The fourth-order valence-electron chi connectivity index (χ4n) is 2.00. The highest BCUT2D eigenvalue weighted by Crippen LogP contribution is 2.26. The van der Waals surface area contributed by atoms with Crippen LogP contribution in [-0.4, -0.2) is 17.6 Å². The highest BCUT2D eigenvalue weighted by Gasteiger charge is 2.19. The molecule has 0 spiro atoms. The molecule has 1 aromatic rings. The second-order valence-corrected chi connectivity index (χ2v) is 5.88. The quantitative estimate of drug-likeness (QED) is 0.679. The Morgan fingerprint density at radius 3 is 2.41 bits per heavy atom. The lowest BCUT2D eigenvalue weighted by Crippen LogP contribution is -2.37. The van der Waals surface area contributed by atoms with Gasteiger partial charge in [-0.1, -0.05) is 27.7 Å². The first-order valence-corrected chi connectivity index (χ1v) is 7.80. The van der Waals surface area contributed by atoms with E-state index in [1.165, 1.54) is 12.8 Å². The number of anilines is 1. The van der Waals surface area contributed by atoms with Crippen molar-refractivity contribution in [2.45, 2.75) is 52.5 Å². The van der Waals surface area contributed by atoms with Crippen LogP contribution in [0.3, 0.4) is 0 Å². The van der Waals surface area contributed by atoms with E-state index in [2.05, 4.69) is 43.0 Å². The lowest BCUT2D eigenvalue weighted by Gasteiger charge is -2.31. The Hall–Kier alpha value is -0.280. The molecule has 0 amide bonds. The van der Waals surface area contributed by atoms with Crippen molar-refractivity contribution < 1.29 is 0 Å². The van der Waals surface area contributed by atoms with E-state index < -0.39 is 0 Å². The summed E-state index contributed by atoms with van der Waals surface area (Å²) in [5.74, 6) is 1.16. The first-order chi connectivity index (χ1) is 8.12. The van der Waals surface area contributed by atoms with Gasteiger partial charge in [0.15, 0.2) is 5.13 Å². The Labute approximate surface area is 114 Å². The maximum absolute atomic E-state index is 5.82. The molecule has 0 saturated carbocycles. The van der Waals surface area contributed by atoms with Crippen molar-refractivity contribution in [1.29, 1.82) is 0 Å². The van der Waals surface area contributed by atoms with Crippen molar-refractivity contribution in [3.63, 3.8) is 0 Å². The van der Waals surface area contributed by atoms with Gasteiger partial charge in [0.1, 0.15) is 0 Å².